The summed E-state index contributed by atoms with van der Waals surface area (Å²) >= 11 is 0. The highest BCUT2D eigenvalue weighted by Gasteiger charge is 2.59. The van der Waals surface area contributed by atoms with Gasteiger partial charge in [0.25, 0.3) is 5.92 Å². The molecular formula is C9H17F3. The van der Waals surface area contributed by atoms with Crippen molar-refractivity contribution in [1.82, 2.24) is 0 Å². The topological polar surface area (TPSA) is 0 Å². The van der Waals surface area contributed by atoms with Crippen LogP contribution < -0.4 is 0 Å². The fourth-order valence-electron chi connectivity index (χ4n) is 0.658. The molecule has 0 saturated heterocycles. The molecule has 0 aromatic carbocycles. The molecule has 0 radical (unpaired) electrons. The van der Waals surface area contributed by atoms with Crippen LogP contribution in [0.2, 0.25) is 0 Å². The van der Waals surface area contributed by atoms with E-state index in [1.807, 2.05) is 0 Å². The molecule has 0 heterocycles. The lowest BCUT2D eigenvalue weighted by Crippen LogP contribution is -2.51. The van der Waals surface area contributed by atoms with Crippen molar-refractivity contribution in [3.63, 3.8) is 0 Å². The zero-order chi connectivity index (χ0) is 9.99. The summed E-state index contributed by atoms with van der Waals surface area (Å²) < 4.78 is 36.1. The van der Waals surface area contributed by atoms with Gasteiger partial charge in [0.15, 0.2) is 5.67 Å². The van der Waals surface area contributed by atoms with E-state index in [0.29, 0.717) is 0 Å². The molecule has 1 aliphatic carbocycles. The molecule has 0 N–H and O–H groups in total. The lowest BCUT2D eigenvalue weighted by molar-refractivity contribution is -0.201. The third-order valence-electron chi connectivity index (χ3n) is 1.67. The average molecular weight is 182 g/mol. The molecule has 1 atom stereocenters. The van der Waals surface area contributed by atoms with Crippen molar-refractivity contribution in [2.45, 2.75) is 52.1 Å². The molecule has 0 spiro atoms. The van der Waals surface area contributed by atoms with Crippen molar-refractivity contribution >= 4 is 0 Å². The van der Waals surface area contributed by atoms with E-state index in [1.165, 1.54) is 0 Å². The Bertz CT molecular complexity index is 122. The summed E-state index contributed by atoms with van der Waals surface area (Å²) in [6.45, 7) is 7.44. The summed E-state index contributed by atoms with van der Waals surface area (Å²) in [6.07, 6.45) is -0.292. The molecule has 1 unspecified atom stereocenters. The third kappa shape index (κ3) is 3.03. The molecule has 0 bridgehead atoms. The Morgan fingerprint density at radius 2 is 1.25 bits per heavy atom. The molecule has 1 aliphatic rings. The largest absolute Gasteiger partial charge is 0.281 e. The van der Waals surface area contributed by atoms with Crippen LogP contribution in [-0.4, -0.2) is 11.6 Å². The van der Waals surface area contributed by atoms with E-state index in [0.717, 1.165) is 12.8 Å². The average Bonchev–Trinajstić information content (AvgIpc) is 1.84. The van der Waals surface area contributed by atoms with Gasteiger partial charge in [0, 0.05) is 6.42 Å². The molecule has 1 saturated carbocycles. The highest BCUT2D eigenvalue weighted by atomic mass is 19.3. The van der Waals surface area contributed by atoms with Gasteiger partial charge in [-0.05, 0) is 19.3 Å². The van der Waals surface area contributed by atoms with Gasteiger partial charge in [0.2, 0.25) is 0 Å². The molecule has 1 rings (SSSR count). The Hall–Kier alpha value is -0.210. The smallest absolute Gasteiger partial charge is 0.238 e. The molecule has 74 valence electrons. The molecule has 0 aromatic rings. The van der Waals surface area contributed by atoms with Crippen molar-refractivity contribution in [2.24, 2.45) is 5.92 Å². The van der Waals surface area contributed by atoms with Gasteiger partial charge in [-0.25, -0.2) is 13.2 Å². The zero-order valence-electron chi connectivity index (χ0n) is 8.13. The van der Waals surface area contributed by atoms with Crippen molar-refractivity contribution in [1.29, 1.82) is 0 Å². The Balaban J connectivity index is 0.000000261. The highest BCUT2D eigenvalue weighted by Crippen LogP contribution is 2.49. The minimum Gasteiger partial charge on any atom is -0.238 e. The zero-order valence-corrected chi connectivity index (χ0v) is 8.13. The lowest BCUT2D eigenvalue weighted by atomic mass is 9.79. The number of hydrogen-bond acceptors (Lipinski definition) is 0. The van der Waals surface area contributed by atoms with Gasteiger partial charge in [0.1, 0.15) is 0 Å². The van der Waals surface area contributed by atoms with Crippen LogP contribution in [0.1, 0.15) is 40.5 Å². The number of rotatable bonds is 0. The third-order valence-corrected chi connectivity index (χ3v) is 1.67. The Morgan fingerprint density at radius 1 is 1.00 bits per heavy atom. The van der Waals surface area contributed by atoms with Crippen LogP contribution in [0.25, 0.3) is 0 Å². The molecule has 1 fully saturated rings. The van der Waals surface area contributed by atoms with Crippen molar-refractivity contribution in [2.75, 3.05) is 0 Å². The maximum absolute atomic E-state index is 12.2. The van der Waals surface area contributed by atoms with Gasteiger partial charge >= 0.3 is 0 Å². The molecule has 12 heavy (non-hydrogen) atoms. The van der Waals surface area contributed by atoms with Crippen molar-refractivity contribution in [3.05, 3.63) is 0 Å². The van der Waals surface area contributed by atoms with Crippen LogP contribution in [0.3, 0.4) is 0 Å². The monoisotopic (exact) mass is 182 g/mol. The van der Waals surface area contributed by atoms with Gasteiger partial charge in [-0.15, -0.1) is 0 Å². The molecule has 0 nitrogen and oxygen atoms in total. The minimum absolute atomic E-state index is 0. The van der Waals surface area contributed by atoms with E-state index in [4.69, 9.17) is 0 Å². The summed E-state index contributed by atoms with van der Waals surface area (Å²) in [5.74, 6) is -2.22. The van der Waals surface area contributed by atoms with Crippen LogP contribution in [0, 0.1) is 5.92 Å². The van der Waals surface area contributed by atoms with Crippen LogP contribution in [0.4, 0.5) is 13.2 Å². The number of alkyl halides is 3. The molecular weight excluding hydrogens is 165 g/mol. The van der Waals surface area contributed by atoms with E-state index >= 15 is 0 Å². The van der Waals surface area contributed by atoms with Crippen LogP contribution in [0.15, 0.2) is 0 Å². The summed E-state index contributed by atoms with van der Waals surface area (Å²) in [7, 11) is 0. The van der Waals surface area contributed by atoms with Crippen LogP contribution in [-0.2, 0) is 0 Å². The van der Waals surface area contributed by atoms with Crippen LogP contribution in [0.5, 0.6) is 0 Å². The predicted octanol–water partition coefficient (Wildman–Crippen LogP) is 3.81. The summed E-state index contributed by atoms with van der Waals surface area (Å²) in [5, 5.41) is 0. The number of hydrogen-bond donors (Lipinski definition) is 0. The molecule has 0 aromatic heterocycles. The standard InChI is InChI=1S/C5H7F3.C4H10/c1-4(6)2-3-5(4,7)8;1-4(2)3/h2-3H2,1H3;4H,1-3H3. The number of halogens is 3. The first-order valence-electron chi connectivity index (χ1n) is 4.26. The minimum atomic E-state index is -3.05. The first-order valence-corrected chi connectivity index (χ1v) is 4.26. The predicted molar refractivity (Wildman–Crippen MR) is 44.2 cm³/mol. The van der Waals surface area contributed by atoms with E-state index < -0.39 is 11.6 Å². The first-order chi connectivity index (χ1) is 5.19. The molecule has 0 amide bonds. The lowest BCUT2D eigenvalue weighted by Gasteiger charge is -2.39. The van der Waals surface area contributed by atoms with E-state index in [-0.39, 0.29) is 12.8 Å². The van der Waals surface area contributed by atoms with Gasteiger partial charge in [-0.3, -0.25) is 0 Å². The Morgan fingerprint density at radius 3 is 1.25 bits per heavy atom. The second-order valence-corrected chi connectivity index (χ2v) is 4.13. The molecule has 3 heteroatoms. The van der Waals surface area contributed by atoms with E-state index in [2.05, 4.69) is 20.8 Å². The van der Waals surface area contributed by atoms with Gasteiger partial charge in [-0.2, -0.15) is 0 Å². The van der Waals surface area contributed by atoms with Crippen molar-refractivity contribution < 1.29 is 13.2 Å². The van der Waals surface area contributed by atoms with E-state index in [1.54, 1.807) is 0 Å². The summed E-state index contributed by atoms with van der Waals surface area (Å²) in [6, 6.07) is 0. The highest BCUT2D eigenvalue weighted by molar-refractivity contribution is 4.99. The van der Waals surface area contributed by atoms with Gasteiger partial charge in [-0.1, -0.05) is 20.8 Å². The summed E-state index contributed by atoms with van der Waals surface area (Å²) in [5.41, 5.74) is -2.22. The Labute approximate surface area is 72.2 Å². The van der Waals surface area contributed by atoms with E-state index in [9.17, 15) is 13.2 Å². The first kappa shape index (κ1) is 11.8. The fraction of sp³-hybridized carbons (Fsp3) is 1.00. The SMILES string of the molecule is CC(C)C.CC1(F)CCC1(F)F. The van der Waals surface area contributed by atoms with Crippen molar-refractivity contribution in [3.8, 4) is 0 Å². The second-order valence-electron chi connectivity index (χ2n) is 4.13. The van der Waals surface area contributed by atoms with Gasteiger partial charge < -0.3 is 0 Å². The quantitative estimate of drug-likeness (QED) is 0.534. The summed E-state index contributed by atoms with van der Waals surface area (Å²) in [4.78, 5) is 0. The Kier molecular flexibility index (Phi) is 3.60. The molecule has 0 aliphatic heterocycles. The normalized spacial score (nSPS) is 32.0. The second kappa shape index (κ2) is 3.67. The van der Waals surface area contributed by atoms with Gasteiger partial charge in [0.05, 0.1) is 0 Å². The van der Waals surface area contributed by atoms with Crippen LogP contribution >= 0.6 is 0 Å². The fourth-order valence-corrected chi connectivity index (χ4v) is 0.658. The maximum atomic E-state index is 12.2. The maximum Gasteiger partial charge on any atom is 0.281 e.